The fourth-order valence-corrected chi connectivity index (χ4v) is 5.91. The number of aromatic nitrogens is 2. The molecule has 0 N–H and O–H groups in total. The van der Waals surface area contributed by atoms with Crippen LogP contribution in [0.1, 0.15) is 12.5 Å². The molecule has 3 heterocycles. The molecule has 1 aromatic heterocycles. The Bertz CT molecular complexity index is 1200. The van der Waals surface area contributed by atoms with Crippen molar-refractivity contribution in [2.24, 2.45) is 0 Å². The summed E-state index contributed by atoms with van der Waals surface area (Å²) in [6, 6.07) is 5.55. The van der Waals surface area contributed by atoms with Crippen LogP contribution in [0, 0.1) is 27.2 Å². The first-order chi connectivity index (χ1) is 17.1. The topological polar surface area (TPSA) is 159 Å². The fourth-order valence-electron chi connectivity index (χ4n) is 4.44. The molecule has 14 nitrogen and oxygen atoms in total. The molecule has 0 radical (unpaired) electrons. The number of benzene rings is 1. The second kappa shape index (κ2) is 10.3. The summed E-state index contributed by atoms with van der Waals surface area (Å²) in [7, 11) is -4.17. The highest BCUT2D eigenvalue weighted by molar-refractivity contribution is 7.89. The lowest BCUT2D eigenvalue weighted by atomic mass is 10.1. The third-order valence-electron chi connectivity index (χ3n) is 6.70. The van der Waals surface area contributed by atoms with Crippen LogP contribution in [0.3, 0.4) is 0 Å². The Labute approximate surface area is 208 Å². The third kappa shape index (κ3) is 5.08. The molecule has 2 aliphatic rings. The van der Waals surface area contributed by atoms with Gasteiger partial charge >= 0.3 is 0 Å². The third-order valence-corrected chi connectivity index (χ3v) is 8.58. The van der Waals surface area contributed by atoms with Gasteiger partial charge in [0.15, 0.2) is 11.6 Å². The lowest BCUT2D eigenvalue weighted by molar-refractivity contribution is -0.395. The normalized spacial score (nSPS) is 17.8. The van der Waals surface area contributed by atoms with Gasteiger partial charge in [0.25, 0.3) is 11.4 Å². The van der Waals surface area contributed by atoms with Crippen molar-refractivity contribution in [1.82, 2.24) is 19.4 Å². The van der Waals surface area contributed by atoms with Crippen LogP contribution in [0.15, 0.2) is 29.2 Å². The van der Waals surface area contributed by atoms with Crippen molar-refractivity contribution in [3.05, 3.63) is 50.1 Å². The quantitative estimate of drug-likeness (QED) is 0.382. The Morgan fingerprint density at radius 3 is 1.67 bits per heavy atom. The minimum atomic E-state index is -4.17. The highest BCUT2D eigenvalue weighted by Crippen LogP contribution is 2.33. The number of nitro groups is 2. The summed E-state index contributed by atoms with van der Waals surface area (Å²) in [4.78, 5) is 27.1. The van der Waals surface area contributed by atoms with Crippen molar-refractivity contribution >= 4 is 33.0 Å². The van der Waals surface area contributed by atoms with Gasteiger partial charge in [-0.2, -0.15) is 4.31 Å². The summed E-state index contributed by atoms with van der Waals surface area (Å²) in [6.07, 6.45) is 0. The number of rotatable bonds is 7. The highest BCUT2D eigenvalue weighted by atomic mass is 32.2. The predicted molar refractivity (Wildman–Crippen MR) is 132 cm³/mol. The van der Waals surface area contributed by atoms with E-state index in [2.05, 4.69) is 26.9 Å². The summed E-state index contributed by atoms with van der Waals surface area (Å²) in [5.74, 6) is 1.43. The van der Waals surface area contributed by atoms with Crippen molar-refractivity contribution in [1.29, 1.82) is 0 Å². The molecule has 2 saturated heterocycles. The van der Waals surface area contributed by atoms with Gasteiger partial charge in [0.05, 0.1) is 14.7 Å². The van der Waals surface area contributed by atoms with Crippen LogP contribution in [-0.2, 0) is 10.0 Å². The summed E-state index contributed by atoms with van der Waals surface area (Å²) >= 11 is 0. The molecule has 194 valence electrons. The van der Waals surface area contributed by atoms with Gasteiger partial charge in [-0.25, -0.2) is 8.42 Å². The van der Waals surface area contributed by atoms with Crippen LogP contribution in [0.4, 0.5) is 23.0 Å². The van der Waals surface area contributed by atoms with Gasteiger partial charge in [-0.3, -0.25) is 20.2 Å². The van der Waals surface area contributed by atoms with Crippen LogP contribution in [0.2, 0.25) is 0 Å². The van der Waals surface area contributed by atoms with E-state index in [1.54, 1.807) is 0 Å². The van der Waals surface area contributed by atoms with E-state index in [1.165, 1.54) is 11.2 Å². The van der Waals surface area contributed by atoms with E-state index in [-0.39, 0.29) is 18.7 Å². The molecule has 15 heteroatoms. The maximum Gasteiger partial charge on any atom is 0.280 e. The SMILES string of the molecule is CCN1CCN(c2ccc(N3CCN(S(=O)(=O)c4cc([N+](=O)[O-])c(C)c([N+](=O)[O-])c4)CC3)nn2)CC1. The summed E-state index contributed by atoms with van der Waals surface area (Å²) in [6.45, 7) is 8.97. The molecule has 0 aliphatic carbocycles. The number of anilines is 2. The van der Waals surface area contributed by atoms with E-state index in [0.717, 1.165) is 50.7 Å². The Morgan fingerprint density at radius 2 is 1.28 bits per heavy atom. The van der Waals surface area contributed by atoms with Crippen LogP contribution in [-0.4, -0.2) is 96.6 Å². The van der Waals surface area contributed by atoms with Crippen LogP contribution in [0.5, 0.6) is 0 Å². The predicted octanol–water partition coefficient (Wildman–Crippen LogP) is 1.25. The number of piperazine rings is 2. The van der Waals surface area contributed by atoms with Gasteiger partial charge < -0.3 is 14.7 Å². The van der Waals surface area contributed by atoms with Gasteiger partial charge in [0, 0.05) is 64.5 Å². The molecule has 2 aliphatic heterocycles. The molecule has 0 amide bonds. The average molecular weight is 521 g/mol. The first kappa shape index (κ1) is 25.7. The zero-order chi connectivity index (χ0) is 26.0. The number of hydrogen-bond donors (Lipinski definition) is 0. The first-order valence-electron chi connectivity index (χ1n) is 11.6. The Balaban J connectivity index is 1.44. The van der Waals surface area contributed by atoms with E-state index in [9.17, 15) is 28.6 Å². The van der Waals surface area contributed by atoms with E-state index in [4.69, 9.17) is 0 Å². The summed E-state index contributed by atoms with van der Waals surface area (Å²) in [5, 5.41) is 31.4. The molecule has 36 heavy (non-hydrogen) atoms. The van der Waals surface area contributed by atoms with Crippen molar-refractivity contribution in [2.75, 3.05) is 68.7 Å². The molecule has 4 rings (SSSR count). The van der Waals surface area contributed by atoms with Crippen LogP contribution in [0.25, 0.3) is 0 Å². The first-order valence-corrected chi connectivity index (χ1v) is 13.1. The number of nitro benzene ring substituents is 2. The van der Waals surface area contributed by atoms with Crippen LogP contribution < -0.4 is 9.80 Å². The van der Waals surface area contributed by atoms with Gasteiger partial charge in [-0.15, -0.1) is 10.2 Å². The zero-order valence-electron chi connectivity index (χ0n) is 20.1. The van der Waals surface area contributed by atoms with E-state index in [0.29, 0.717) is 18.9 Å². The standard InChI is InChI=1S/C21H28N8O6S/c1-3-24-6-8-25(9-7-24)20-4-5-21(23-22-20)26-10-12-27(13-11-26)36(34,35)17-14-18(28(30)31)16(2)19(15-17)29(32)33/h4-5,14-15H,3,6-13H2,1-2H3. The Hall–Kier alpha value is -3.43. The number of nitrogens with zero attached hydrogens (tertiary/aromatic N) is 8. The fraction of sp³-hybridized carbons (Fsp3) is 0.524. The largest absolute Gasteiger partial charge is 0.353 e. The molecular weight excluding hydrogens is 492 g/mol. The van der Waals surface area contributed by atoms with Gasteiger partial charge in [0.1, 0.15) is 5.56 Å². The molecule has 0 spiro atoms. The summed E-state index contributed by atoms with van der Waals surface area (Å²) < 4.78 is 27.5. The smallest absolute Gasteiger partial charge is 0.280 e. The number of sulfonamides is 1. The van der Waals surface area contributed by atoms with Crippen LogP contribution >= 0.6 is 0 Å². The van der Waals surface area contributed by atoms with Crippen molar-refractivity contribution < 1.29 is 18.3 Å². The van der Waals surface area contributed by atoms with Gasteiger partial charge in [-0.05, 0) is 25.6 Å². The number of likely N-dealkylation sites (N-methyl/N-ethyl adjacent to an activating group) is 1. The molecule has 0 saturated carbocycles. The van der Waals surface area contributed by atoms with Gasteiger partial charge in [-0.1, -0.05) is 6.92 Å². The zero-order valence-corrected chi connectivity index (χ0v) is 20.9. The maximum atomic E-state index is 13.2. The second-order valence-corrected chi connectivity index (χ2v) is 10.6. The molecule has 2 aromatic rings. The highest BCUT2D eigenvalue weighted by Gasteiger charge is 2.33. The Morgan fingerprint density at radius 1 is 0.833 bits per heavy atom. The molecule has 0 atom stereocenters. The second-order valence-electron chi connectivity index (χ2n) is 8.66. The van der Waals surface area contributed by atoms with Crippen molar-refractivity contribution in [3.8, 4) is 0 Å². The average Bonchev–Trinajstić information content (AvgIpc) is 2.88. The minimum absolute atomic E-state index is 0.0974. The maximum absolute atomic E-state index is 13.2. The van der Waals surface area contributed by atoms with Crippen molar-refractivity contribution in [3.63, 3.8) is 0 Å². The lowest BCUT2D eigenvalue weighted by Gasteiger charge is -2.35. The summed E-state index contributed by atoms with van der Waals surface area (Å²) in [5.41, 5.74) is -1.40. The Kier molecular flexibility index (Phi) is 7.33. The van der Waals surface area contributed by atoms with Crippen molar-refractivity contribution in [2.45, 2.75) is 18.7 Å². The van der Waals surface area contributed by atoms with E-state index in [1.807, 2.05) is 17.0 Å². The van der Waals surface area contributed by atoms with E-state index < -0.39 is 36.1 Å². The van der Waals surface area contributed by atoms with Gasteiger partial charge in [0.2, 0.25) is 10.0 Å². The molecule has 0 bridgehead atoms. The minimum Gasteiger partial charge on any atom is -0.353 e. The molecular formula is C21H28N8O6S. The van der Waals surface area contributed by atoms with E-state index >= 15 is 0 Å². The molecule has 1 aromatic carbocycles. The molecule has 0 unspecified atom stereocenters. The number of hydrogen-bond acceptors (Lipinski definition) is 11. The molecule has 2 fully saturated rings. The monoisotopic (exact) mass is 520 g/mol. The lowest BCUT2D eigenvalue weighted by Crippen LogP contribution is -2.49.